The minimum atomic E-state index is -0.0587. The number of allylic oxidation sites excluding steroid dienone is 3. The third-order valence-electron chi connectivity index (χ3n) is 3.89. The summed E-state index contributed by atoms with van der Waals surface area (Å²) in [7, 11) is 0. The van der Waals surface area contributed by atoms with Gasteiger partial charge in [-0.1, -0.05) is 56.6 Å². The molecule has 1 aromatic heterocycles. The fraction of sp³-hybridized carbons (Fsp3) is 0.400. The average molecular weight is 404 g/mol. The molecule has 0 saturated carbocycles. The van der Waals surface area contributed by atoms with Crippen molar-refractivity contribution in [3.05, 3.63) is 70.0 Å². The Bertz CT molecular complexity index is 686. The lowest BCUT2D eigenvalue weighted by Crippen LogP contribution is -2.13. The molecular formula is C20H26BrN3O. The lowest BCUT2D eigenvalue weighted by molar-refractivity contribution is 0.0570. The highest BCUT2D eigenvalue weighted by Gasteiger charge is 2.13. The third-order valence-corrected chi connectivity index (χ3v) is 4.42. The Morgan fingerprint density at radius 2 is 1.96 bits per heavy atom. The van der Waals surface area contributed by atoms with Gasteiger partial charge >= 0.3 is 0 Å². The van der Waals surface area contributed by atoms with Gasteiger partial charge in [0.1, 0.15) is 6.10 Å². The Hall–Kier alpha value is -1.72. The van der Waals surface area contributed by atoms with E-state index in [0.717, 1.165) is 22.9 Å². The molecule has 0 radical (unpaired) electrons. The Labute approximate surface area is 158 Å². The molecule has 0 amide bonds. The van der Waals surface area contributed by atoms with Crippen molar-refractivity contribution in [2.24, 2.45) is 0 Å². The van der Waals surface area contributed by atoms with Crippen molar-refractivity contribution >= 4 is 15.9 Å². The molecule has 1 heterocycles. The van der Waals surface area contributed by atoms with Crippen LogP contribution in [0.4, 0.5) is 0 Å². The maximum Gasteiger partial charge on any atom is 0.103 e. The van der Waals surface area contributed by atoms with Gasteiger partial charge in [-0.2, -0.15) is 0 Å². The van der Waals surface area contributed by atoms with Crippen LogP contribution in [0.2, 0.25) is 0 Å². The van der Waals surface area contributed by atoms with E-state index in [2.05, 4.69) is 71.3 Å². The molecule has 0 N–H and O–H groups in total. The highest BCUT2D eigenvalue weighted by atomic mass is 79.9. The molecule has 1 unspecified atom stereocenters. The van der Waals surface area contributed by atoms with Gasteiger partial charge in [0.2, 0.25) is 0 Å². The van der Waals surface area contributed by atoms with Crippen molar-refractivity contribution in [2.45, 2.75) is 46.3 Å². The second-order valence-electron chi connectivity index (χ2n) is 6.37. The van der Waals surface area contributed by atoms with Crippen molar-refractivity contribution in [1.82, 2.24) is 15.0 Å². The standard InChI is InChI=1S/C20H26BrN3O/c1-16(2)5-4-6-17(3)11-14-25-20(15-24-13-12-22-23-24)18-7-9-19(21)10-8-18/h5,7-13,20H,4,6,14-15H2,1-3H3/b17-11+. The van der Waals surface area contributed by atoms with Crippen LogP contribution in [0.5, 0.6) is 0 Å². The Kier molecular flexibility index (Phi) is 8.09. The molecule has 0 spiro atoms. The molecule has 0 aliphatic heterocycles. The van der Waals surface area contributed by atoms with E-state index in [0.29, 0.717) is 13.2 Å². The number of rotatable bonds is 9. The molecule has 0 fully saturated rings. The van der Waals surface area contributed by atoms with Crippen molar-refractivity contribution in [1.29, 1.82) is 0 Å². The predicted octanol–water partition coefficient (Wildman–Crippen LogP) is 5.49. The average Bonchev–Trinajstić information content (AvgIpc) is 3.07. The van der Waals surface area contributed by atoms with E-state index in [1.54, 1.807) is 10.9 Å². The molecular weight excluding hydrogens is 378 g/mol. The number of hydrogen-bond acceptors (Lipinski definition) is 3. The van der Waals surface area contributed by atoms with E-state index in [-0.39, 0.29) is 6.10 Å². The molecule has 0 bridgehead atoms. The van der Waals surface area contributed by atoms with Crippen LogP contribution in [0.3, 0.4) is 0 Å². The molecule has 5 heteroatoms. The van der Waals surface area contributed by atoms with Crippen LogP contribution in [-0.4, -0.2) is 21.6 Å². The summed E-state index contributed by atoms with van der Waals surface area (Å²) in [5.74, 6) is 0. The van der Waals surface area contributed by atoms with Crippen molar-refractivity contribution in [2.75, 3.05) is 6.61 Å². The summed E-state index contributed by atoms with van der Waals surface area (Å²) in [4.78, 5) is 0. The van der Waals surface area contributed by atoms with E-state index >= 15 is 0 Å². The summed E-state index contributed by atoms with van der Waals surface area (Å²) in [5, 5.41) is 7.93. The summed E-state index contributed by atoms with van der Waals surface area (Å²) >= 11 is 3.48. The molecule has 0 aliphatic carbocycles. The summed E-state index contributed by atoms with van der Waals surface area (Å²) < 4.78 is 9.01. The summed E-state index contributed by atoms with van der Waals surface area (Å²) in [6.45, 7) is 7.67. The van der Waals surface area contributed by atoms with Crippen molar-refractivity contribution < 1.29 is 4.74 Å². The number of hydrogen-bond donors (Lipinski definition) is 0. The van der Waals surface area contributed by atoms with Crippen LogP contribution in [0.15, 0.2) is 64.4 Å². The Morgan fingerprint density at radius 1 is 1.20 bits per heavy atom. The monoisotopic (exact) mass is 403 g/mol. The lowest BCUT2D eigenvalue weighted by atomic mass is 10.1. The molecule has 0 aliphatic rings. The minimum Gasteiger partial charge on any atom is -0.368 e. The van der Waals surface area contributed by atoms with Gasteiger partial charge in [-0.3, -0.25) is 0 Å². The van der Waals surface area contributed by atoms with Gasteiger partial charge in [-0.25, -0.2) is 4.68 Å². The van der Waals surface area contributed by atoms with Gasteiger partial charge in [0.05, 0.1) is 19.3 Å². The number of halogens is 1. The van der Waals surface area contributed by atoms with E-state index < -0.39 is 0 Å². The van der Waals surface area contributed by atoms with Crippen LogP contribution in [-0.2, 0) is 11.3 Å². The molecule has 4 nitrogen and oxygen atoms in total. The molecule has 1 aromatic carbocycles. The topological polar surface area (TPSA) is 39.9 Å². The normalized spacial score (nSPS) is 12.9. The number of benzene rings is 1. The highest BCUT2D eigenvalue weighted by Crippen LogP contribution is 2.22. The summed E-state index contributed by atoms with van der Waals surface area (Å²) in [6.07, 6.45) is 10.1. The first-order chi connectivity index (χ1) is 12.0. The van der Waals surface area contributed by atoms with Gasteiger partial charge in [-0.05, 0) is 51.3 Å². The first kappa shape index (κ1) is 19.6. The zero-order valence-corrected chi connectivity index (χ0v) is 16.7. The van der Waals surface area contributed by atoms with Gasteiger partial charge < -0.3 is 4.74 Å². The molecule has 134 valence electrons. The SMILES string of the molecule is CC(C)=CCC/C(C)=C/COC(Cn1ccnn1)c1ccc(Br)cc1. The van der Waals surface area contributed by atoms with E-state index in [1.807, 2.05) is 18.3 Å². The maximum atomic E-state index is 6.14. The Balaban J connectivity index is 1.96. The quantitative estimate of drug-likeness (QED) is 0.519. The Morgan fingerprint density at radius 3 is 2.60 bits per heavy atom. The van der Waals surface area contributed by atoms with Gasteiger partial charge in [0, 0.05) is 10.7 Å². The fourth-order valence-electron chi connectivity index (χ4n) is 2.43. The van der Waals surface area contributed by atoms with Crippen LogP contribution in [0.1, 0.15) is 45.3 Å². The molecule has 1 atom stereocenters. The maximum absolute atomic E-state index is 6.14. The zero-order chi connectivity index (χ0) is 18.1. The van der Waals surface area contributed by atoms with Crippen molar-refractivity contribution in [3.63, 3.8) is 0 Å². The second kappa shape index (κ2) is 10.3. The van der Waals surface area contributed by atoms with Gasteiger partial charge in [-0.15, -0.1) is 5.10 Å². The smallest absolute Gasteiger partial charge is 0.103 e. The lowest BCUT2D eigenvalue weighted by Gasteiger charge is -2.18. The highest BCUT2D eigenvalue weighted by molar-refractivity contribution is 9.10. The van der Waals surface area contributed by atoms with Crippen LogP contribution in [0.25, 0.3) is 0 Å². The second-order valence-corrected chi connectivity index (χ2v) is 7.28. The molecule has 25 heavy (non-hydrogen) atoms. The zero-order valence-electron chi connectivity index (χ0n) is 15.2. The van der Waals surface area contributed by atoms with Crippen molar-refractivity contribution in [3.8, 4) is 0 Å². The largest absolute Gasteiger partial charge is 0.368 e. The van der Waals surface area contributed by atoms with E-state index in [4.69, 9.17) is 4.74 Å². The van der Waals surface area contributed by atoms with Crippen LogP contribution in [0, 0.1) is 0 Å². The summed E-state index contributed by atoms with van der Waals surface area (Å²) in [6, 6.07) is 8.23. The van der Waals surface area contributed by atoms with E-state index in [1.165, 1.54) is 11.1 Å². The minimum absolute atomic E-state index is 0.0587. The number of aromatic nitrogens is 3. The number of nitrogens with zero attached hydrogens (tertiary/aromatic N) is 3. The first-order valence-electron chi connectivity index (χ1n) is 8.55. The van der Waals surface area contributed by atoms with E-state index in [9.17, 15) is 0 Å². The van der Waals surface area contributed by atoms with Crippen LogP contribution < -0.4 is 0 Å². The predicted molar refractivity (Wildman–Crippen MR) is 105 cm³/mol. The molecule has 2 rings (SSSR count). The fourth-order valence-corrected chi connectivity index (χ4v) is 2.69. The third kappa shape index (κ3) is 7.36. The van der Waals surface area contributed by atoms with Gasteiger partial charge in [0.15, 0.2) is 0 Å². The first-order valence-corrected chi connectivity index (χ1v) is 9.34. The van der Waals surface area contributed by atoms with Gasteiger partial charge in [0.25, 0.3) is 0 Å². The molecule has 2 aromatic rings. The van der Waals surface area contributed by atoms with Crippen LogP contribution >= 0.6 is 15.9 Å². The summed E-state index contributed by atoms with van der Waals surface area (Å²) in [5.41, 5.74) is 3.86. The number of ether oxygens (including phenoxy) is 1. The molecule has 0 saturated heterocycles.